The fraction of sp³-hybridized carbons (Fsp3) is 0.818. The molecule has 1 aromatic heterocycles. The van der Waals surface area contributed by atoms with Crippen LogP contribution < -0.4 is 5.69 Å². The van der Waals surface area contributed by atoms with Crippen molar-refractivity contribution >= 4 is 11.8 Å². The molecule has 2 N–H and O–H groups in total. The zero-order valence-corrected chi connectivity index (χ0v) is 10.4. The van der Waals surface area contributed by atoms with Crippen LogP contribution in [-0.4, -0.2) is 31.2 Å². The molecule has 5 nitrogen and oxygen atoms in total. The number of aromatic nitrogens is 3. The van der Waals surface area contributed by atoms with E-state index in [2.05, 4.69) is 10.2 Å². The second-order valence-corrected chi connectivity index (χ2v) is 6.13. The van der Waals surface area contributed by atoms with Gasteiger partial charge < -0.3 is 5.11 Å². The molecule has 2 aliphatic carbocycles. The first-order valence-corrected chi connectivity index (χ1v) is 7.15. The number of aliphatic hydroxyl groups is 1. The van der Waals surface area contributed by atoms with E-state index in [1.54, 1.807) is 16.3 Å². The van der Waals surface area contributed by atoms with Crippen LogP contribution in [0, 0.1) is 0 Å². The Kier molecular flexibility index (Phi) is 3.00. The third kappa shape index (κ3) is 2.28. The lowest BCUT2D eigenvalue weighted by molar-refractivity contribution is 0.136. The average Bonchev–Trinajstić information content (AvgIpc) is 3.08. The topological polar surface area (TPSA) is 70.9 Å². The molecule has 1 aromatic rings. The highest BCUT2D eigenvalue weighted by Gasteiger charge is 2.31. The smallest absolute Gasteiger partial charge is 0.344 e. The largest absolute Gasteiger partial charge is 0.392 e. The van der Waals surface area contributed by atoms with Crippen LogP contribution in [0.2, 0.25) is 0 Å². The fourth-order valence-corrected chi connectivity index (χ4v) is 3.67. The van der Waals surface area contributed by atoms with Crippen molar-refractivity contribution in [1.82, 2.24) is 14.8 Å². The second kappa shape index (κ2) is 4.49. The van der Waals surface area contributed by atoms with Gasteiger partial charge in [-0.3, -0.25) is 4.57 Å². The molecule has 2 unspecified atom stereocenters. The van der Waals surface area contributed by atoms with Crippen LogP contribution >= 0.6 is 11.8 Å². The van der Waals surface area contributed by atoms with Crippen molar-refractivity contribution < 1.29 is 5.11 Å². The van der Waals surface area contributed by atoms with Crippen molar-refractivity contribution in [3.63, 3.8) is 0 Å². The van der Waals surface area contributed by atoms with Crippen LogP contribution in [0.5, 0.6) is 0 Å². The van der Waals surface area contributed by atoms with Gasteiger partial charge in [0.15, 0.2) is 5.16 Å². The Balaban J connectivity index is 1.77. The van der Waals surface area contributed by atoms with Crippen LogP contribution in [0.3, 0.4) is 0 Å². The molecule has 17 heavy (non-hydrogen) atoms. The lowest BCUT2D eigenvalue weighted by Gasteiger charge is -2.26. The Morgan fingerprint density at radius 1 is 1.29 bits per heavy atom. The van der Waals surface area contributed by atoms with Gasteiger partial charge in [-0.1, -0.05) is 24.6 Å². The van der Waals surface area contributed by atoms with Crippen LogP contribution in [0.25, 0.3) is 0 Å². The number of hydrogen-bond acceptors (Lipinski definition) is 4. The molecular formula is C11H17N3O2S. The monoisotopic (exact) mass is 255 g/mol. The second-order valence-electron chi connectivity index (χ2n) is 4.92. The first kappa shape index (κ1) is 11.3. The summed E-state index contributed by atoms with van der Waals surface area (Å²) in [5, 5.41) is 17.5. The zero-order valence-electron chi connectivity index (χ0n) is 9.63. The summed E-state index contributed by atoms with van der Waals surface area (Å²) in [5.41, 5.74) is -0.111. The number of aliphatic hydroxyl groups excluding tert-OH is 1. The molecule has 0 aromatic carbocycles. The van der Waals surface area contributed by atoms with E-state index in [1.165, 1.54) is 0 Å². The van der Waals surface area contributed by atoms with E-state index in [0.29, 0.717) is 6.04 Å². The molecule has 0 bridgehead atoms. The Morgan fingerprint density at radius 3 is 2.76 bits per heavy atom. The van der Waals surface area contributed by atoms with E-state index < -0.39 is 0 Å². The molecule has 2 aliphatic rings. The third-order valence-corrected chi connectivity index (χ3v) is 4.86. The Hall–Kier alpha value is -0.750. The maximum atomic E-state index is 11.6. The van der Waals surface area contributed by atoms with Gasteiger partial charge in [0.05, 0.1) is 6.10 Å². The molecule has 0 radical (unpaired) electrons. The molecule has 1 heterocycles. The van der Waals surface area contributed by atoms with Crippen LogP contribution in [0.1, 0.15) is 44.6 Å². The highest BCUT2D eigenvalue weighted by Crippen LogP contribution is 2.39. The quantitative estimate of drug-likeness (QED) is 0.854. The Morgan fingerprint density at radius 2 is 2.06 bits per heavy atom. The van der Waals surface area contributed by atoms with Gasteiger partial charge in [-0.05, 0) is 25.7 Å². The molecule has 0 aliphatic heterocycles. The van der Waals surface area contributed by atoms with Crippen LogP contribution in [0.15, 0.2) is 9.95 Å². The molecule has 2 atom stereocenters. The summed E-state index contributed by atoms with van der Waals surface area (Å²) in [6.45, 7) is 0. The molecule has 0 amide bonds. The number of H-pyrrole nitrogens is 1. The summed E-state index contributed by atoms with van der Waals surface area (Å²) in [6, 6.07) is 0.337. The molecular weight excluding hydrogens is 238 g/mol. The molecule has 0 saturated heterocycles. The van der Waals surface area contributed by atoms with Crippen LogP contribution in [-0.2, 0) is 0 Å². The molecule has 2 saturated carbocycles. The van der Waals surface area contributed by atoms with Crippen molar-refractivity contribution in [2.45, 2.75) is 61.1 Å². The van der Waals surface area contributed by atoms with Gasteiger partial charge in [-0.25, -0.2) is 9.89 Å². The number of thioether (sulfide) groups is 1. The standard InChI is InChI=1S/C11H17N3O2S/c15-8-3-1-2-4-9(8)17-11-13-12-10(16)14(11)7-5-6-7/h7-9,15H,1-6H2,(H,12,16). The first-order valence-electron chi connectivity index (χ1n) is 6.27. The van der Waals surface area contributed by atoms with Gasteiger partial charge >= 0.3 is 5.69 Å². The SMILES string of the molecule is O=c1[nH]nc(SC2CCCCC2O)n1C1CC1. The van der Waals surface area contributed by atoms with Crippen molar-refractivity contribution in [2.24, 2.45) is 0 Å². The maximum Gasteiger partial charge on any atom is 0.344 e. The number of nitrogens with zero attached hydrogens (tertiary/aromatic N) is 2. The van der Waals surface area contributed by atoms with Crippen molar-refractivity contribution in [2.75, 3.05) is 0 Å². The van der Waals surface area contributed by atoms with Crippen molar-refractivity contribution in [3.05, 3.63) is 10.5 Å². The predicted molar refractivity (Wildman–Crippen MR) is 65.2 cm³/mol. The van der Waals surface area contributed by atoms with E-state index in [4.69, 9.17) is 0 Å². The highest BCUT2D eigenvalue weighted by molar-refractivity contribution is 7.99. The van der Waals surface area contributed by atoms with Gasteiger partial charge in [-0.2, -0.15) is 0 Å². The van der Waals surface area contributed by atoms with Crippen molar-refractivity contribution in [3.8, 4) is 0 Å². The first-order chi connectivity index (χ1) is 8.25. The summed E-state index contributed by atoms with van der Waals surface area (Å²) in [6.07, 6.45) is 6.03. The Bertz CT molecular complexity index is 452. The number of nitrogens with one attached hydrogen (secondary N) is 1. The van der Waals surface area contributed by atoms with E-state index in [-0.39, 0.29) is 17.0 Å². The highest BCUT2D eigenvalue weighted by atomic mass is 32.2. The summed E-state index contributed by atoms with van der Waals surface area (Å²) in [5.74, 6) is 0. The normalized spacial score (nSPS) is 29.5. The summed E-state index contributed by atoms with van der Waals surface area (Å²) < 4.78 is 1.76. The van der Waals surface area contributed by atoms with Gasteiger partial charge in [-0.15, -0.1) is 5.10 Å². The minimum absolute atomic E-state index is 0.111. The number of aromatic amines is 1. The number of rotatable bonds is 3. The van der Waals surface area contributed by atoms with E-state index in [9.17, 15) is 9.90 Å². The van der Waals surface area contributed by atoms with E-state index >= 15 is 0 Å². The van der Waals surface area contributed by atoms with Gasteiger partial charge in [0.1, 0.15) is 0 Å². The minimum atomic E-state index is -0.256. The molecule has 3 rings (SSSR count). The zero-order chi connectivity index (χ0) is 11.8. The molecule has 0 spiro atoms. The summed E-state index contributed by atoms with van der Waals surface area (Å²) in [4.78, 5) is 11.6. The van der Waals surface area contributed by atoms with Gasteiger partial charge in [0, 0.05) is 11.3 Å². The molecule has 94 valence electrons. The number of hydrogen-bond donors (Lipinski definition) is 2. The minimum Gasteiger partial charge on any atom is -0.392 e. The molecule has 2 fully saturated rings. The summed E-state index contributed by atoms with van der Waals surface area (Å²) in [7, 11) is 0. The summed E-state index contributed by atoms with van der Waals surface area (Å²) >= 11 is 1.56. The lowest BCUT2D eigenvalue weighted by atomic mass is 9.97. The maximum absolute atomic E-state index is 11.6. The van der Waals surface area contributed by atoms with E-state index in [1.807, 2.05) is 0 Å². The predicted octanol–water partition coefficient (Wildman–Crippen LogP) is 1.30. The van der Waals surface area contributed by atoms with Gasteiger partial charge in [0.25, 0.3) is 0 Å². The lowest BCUT2D eigenvalue weighted by Crippen LogP contribution is -2.27. The van der Waals surface area contributed by atoms with Gasteiger partial charge in [0.2, 0.25) is 0 Å². The van der Waals surface area contributed by atoms with Crippen molar-refractivity contribution in [1.29, 1.82) is 0 Å². The van der Waals surface area contributed by atoms with Crippen LogP contribution in [0.4, 0.5) is 0 Å². The third-order valence-electron chi connectivity index (χ3n) is 3.51. The van der Waals surface area contributed by atoms with E-state index in [0.717, 1.165) is 43.7 Å². The average molecular weight is 255 g/mol. The fourth-order valence-electron chi connectivity index (χ4n) is 2.38. The molecule has 6 heteroatoms. The Labute approximate surface area is 104 Å².